The minimum Gasteiger partial charge on any atom is -0.348 e. The first kappa shape index (κ1) is 21.4. The van der Waals surface area contributed by atoms with Crippen LogP contribution in [0.15, 0.2) is 18.2 Å². The highest BCUT2D eigenvalue weighted by Crippen LogP contribution is 2.26. The number of piperazine rings is 1. The van der Waals surface area contributed by atoms with Gasteiger partial charge in [-0.2, -0.15) is 4.31 Å². The lowest BCUT2D eigenvalue weighted by atomic mass is 10.1. The summed E-state index contributed by atoms with van der Waals surface area (Å²) in [6, 6.07) is 4.58. The molecule has 1 aromatic rings. The van der Waals surface area contributed by atoms with Crippen molar-refractivity contribution in [3.8, 4) is 0 Å². The van der Waals surface area contributed by atoms with E-state index in [2.05, 4.69) is 5.32 Å². The Morgan fingerprint density at radius 1 is 1.19 bits per heavy atom. The van der Waals surface area contributed by atoms with Crippen molar-refractivity contribution >= 4 is 39.1 Å². The van der Waals surface area contributed by atoms with Gasteiger partial charge in [0.2, 0.25) is 15.9 Å². The van der Waals surface area contributed by atoms with Gasteiger partial charge in [-0.3, -0.25) is 9.69 Å². The number of rotatable bonds is 6. The summed E-state index contributed by atoms with van der Waals surface area (Å²) in [5.74, 6) is -0.0158. The molecule has 9 heteroatoms. The molecule has 1 N–H and O–H groups in total. The van der Waals surface area contributed by atoms with Crippen LogP contribution in [-0.2, 0) is 14.8 Å². The predicted molar refractivity (Wildman–Crippen MR) is 105 cm³/mol. The molecular weight excluding hydrogens is 397 g/mol. The Morgan fingerprint density at radius 2 is 1.81 bits per heavy atom. The van der Waals surface area contributed by atoms with E-state index in [0.717, 1.165) is 5.56 Å². The maximum Gasteiger partial charge on any atom is 0.237 e. The molecule has 0 aliphatic carbocycles. The molecule has 2 atom stereocenters. The molecule has 0 radical (unpaired) electrons. The van der Waals surface area contributed by atoms with Crippen LogP contribution in [0.2, 0.25) is 10.0 Å². The Kier molecular flexibility index (Phi) is 7.33. The first-order chi connectivity index (χ1) is 12.2. The molecule has 0 bridgehead atoms. The number of carbonyl (C=O) groups excluding carboxylic acids is 1. The average molecular weight is 422 g/mol. The van der Waals surface area contributed by atoms with E-state index in [1.807, 2.05) is 18.7 Å². The normalized spacial score (nSPS) is 19.1. The van der Waals surface area contributed by atoms with E-state index in [0.29, 0.717) is 36.2 Å². The van der Waals surface area contributed by atoms with Gasteiger partial charge in [-0.25, -0.2) is 8.42 Å². The lowest BCUT2D eigenvalue weighted by Crippen LogP contribution is -2.55. The molecule has 2 unspecified atom stereocenters. The number of sulfonamides is 1. The molecule has 1 fully saturated rings. The average Bonchev–Trinajstić information content (AvgIpc) is 2.60. The van der Waals surface area contributed by atoms with E-state index >= 15 is 0 Å². The quantitative estimate of drug-likeness (QED) is 0.765. The summed E-state index contributed by atoms with van der Waals surface area (Å²) < 4.78 is 25.3. The SMILES string of the molecule is CCS(=O)(=O)N1CCN(C(C)C(=O)NC(C)c2ccc(Cl)cc2Cl)CC1. The van der Waals surface area contributed by atoms with Crippen LogP contribution in [-0.4, -0.2) is 61.5 Å². The van der Waals surface area contributed by atoms with Crippen molar-refractivity contribution in [2.75, 3.05) is 31.9 Å². The third kappa shape index (κ3) is 5.10. The molecule has 0 saturated carbocycles. The predicted octanol–water partition coefficient (Wildman–Crippen LogP) is 2.53. The molecule has 6 nitrogen and oxygen atoms in total. The van der Waals surface area contributed by atoms with Gasteiger partial charge in [-0.15, -0.1) is 0 Å². The minimum absolute atomic E-state index is 0.0996. The van der Waals surface area contributed by atoms with Crippen molar-refractivity contribution in [1.82, 2.24) is 14.5 Å². The minimum atomic E-state index is -3.17. The smallest absolute Gasteiger partial charge is 0.237 e. The standard InChI is InChI=1S/C17H25Cl2N3O3S/c1-4-26(24,25)22-9-7-21(8-10-22)13(3)17(23)20-12(2)15-6-5-14(18)11-16(15)19/h5-6,11-13H,4,7-10H2,1-3H3,(H,20,23). The van der Waals surface area contributed by atoms with Gasteiger partial charge in [0, 0.05) is 36.2 Å². The van der Waals surface area contributed by atoms with Crippen molar-refractivity contribution in [1.29, 1.82) is 0 Å². The third-order valence-electron chi connectivity index (χ3n) is 4.75. The lowest BCUT2D eigenvalue weighted by molar-refractivity contribution is -0.127. The summed E-state index contributed by atoms with van der Waals surface area (Å²) in [6.45, 7) is 7.22. The molecular formula is C17H25Cl2N3O3S. The third-order valence-corrected chi connectivity index (χ3v) is 7.19. The van der Waals surface area contributed by atoms with E-state index < -0.39 is 10.0 Å². The van der Waals surface area contributed by atoms with Gasteiger partial charge in [-0.05, 0) is 38.5 Å². The second-order valence-electron chi connectivity index (χ2n) is 6.41. The zero-order valence-electron chi connectivity index (χ0n) is 15.2. The molecule has 1 aromatic carbocycles. The van der Waals surface area contributed by atoms with Crippen LogP contribution in [0.25, 0.3) is 0 Å². The van der Waals surface area contributed by atoms with E-state index in [9.17, 15) is 13.2 Å². The zero-order valence-corrected chi connectivity index (χ0v) is 17.5. The molecule has 1 aliphatic heterocycles. The van der Waals surface area contributed by atoms with Gasteiger partial charge in [0.05, 0.1) is 17.8 Å². The van der Waals surface area contributed by atoms with Crippen molar-refractivity contribution in [2.45, 2.75) is 32.9 Å². The number of carbonyl (C=O) groups is 1. The second kappa shape index (κ2) is 8.89. The monoisotopic (exact) mass is 421 g/mol. The lowest BCUT2D eigenvalue weighted by Gasteiger charge is -2.37. The molecule has 0 spiro atoms. The molecule has 146 valence electrons. The summed E-state index contributed by atoms with van der Waals surface area (Å²) in [5.41, 5.74) is 0.801. The number of nitrogens with one attached hydrogen (secondary N) is 1. The van der Waals surface area contributed by atoms with Crippen LogP contribution in [0.4, 0.5) is 0 Å². The van der Waals surface area contributed by atoms with E-state index in [-0.39, 0.29) is 23.7 Å². The van der Waals surface area contributed by atoms with Crippen LogP contribution in [0.5, 0.6) is 0 Å². The number of benzene rings is 1. The first-order valence-electron chi connectivity index (χ1n) is 8.63. The van der Waals surface area contributed by atoms with Gasteiger partial charge < -0.3 is 5.32 Å². The van der Waals surface area contributed by atoms with Gasteiger partial charge in [0.15, 0.2) is 0 Å². The fraction of sp³-hybridized carbons (Fsp3) is 0.588. The van der Waals surface area contributed by atoms with Crippen molar-refractivity contribution in [3.05, 3.63) is 33.8 Å². The highest BCUT2D eigenvalue weighted by atomic mass is 35.5. The summed E-state index contributed by atoms with van der Waals surface area (Å²) in [5, 5.41) is 4.02. The second-order valence-corrected chi connectivity index (χ2v) is 9.51. The fourth-order valence-corrected chi connectivity index (χ4v) is 4.64. The number of halogens is 2. The zero-order chi connectivity index (χ0) is 19.5. The molecule has 2 rings (SSSR count). The molecule has 1 saturated heterocycles. The summed E-state index contributed by atoms with van der Waals surface area (Å²) in [4.78, 5) is 14.6. The number of hydrogen-bond acceptors (Lipinski definition) is 4. The molecule has 1 aliphatic rings. The summed E-state index contributed by atoms with van der Waals surface area (Å²) in [7, 11) is -3.17. The van der Waals surface area contributed by atoms with E-state index in [1.54, 1.807) is 25.1 Å². The highest BCUT2D eigenvalue weighted by Gasteiger charge is 2.30. The van der Waals surface area contributed by atoms with Crippen LogP contribution >= 0.6 is 23.2 Å². The Bertz CT molecular complexity index is 750. The van der Waals surface area contributed by atoms with Gasteiger partial charge in [0.1, 0.15) is 0 Å². The Balaban J connectivity index is 1.94. The van der Waals surface area contributed by atoms with Crippen LogP contribution in [0.3, 0.4) is 0 Å². The fourth-order valence-electron chi connectivity index (χ4n) is 2.98. The van der Waals surface area contributed by atoms with Crippen LogP contribution in [0, 0.1) is 0 Å². The van der Waals surface area contributed by atoms with Crippen molar-refractivity contribution in [3.63, 3.8) is 0 Å². The highest BCUT2D eigenvalue weighted by molar-refractivity contribution is 7.89. The molecule has 26 heavy (non-hydrogen) atoms. The molecule has 1 heterocycles. The Labute approximate surface area is 165 Å². The van der Waals surface area contributed by atoms with Gasteiger partial charge in [-0.1, -0.05) is 29.3 Å². The number of nitrogens with zero attached hydrogens (tertiary/aromatic N) is 2. The summed E-state index contributed by atoms with van der Waals surface area (Å²) in [6.07, 6.45) is 0. The Hall–Kier alpha value is -0.860. The molecule has 1 amide bonds. The van der Waals surface area contributed by atoms with Gasteiger partial charge >= 0.3 is 0 Å². The largest absolute Gasteiger partial charge is 0.348 e. The maximum absolute atomic E-state index is 12.6. The van der Waals surface area contributed by atoms with Crippen LogP contribution in [0.1, 0.15) is 32.4 Å². The Morgan fingerprint density at radius 3 is 2.35 bits per heavy atom. The summed E-state index contributed by atoms with van der Waals surface area (Å²) >= 11 is 12.1. The topological polar surface area (TPSA) is 69.7 Å². The van der Waals surface area contributed by atoms with E-state index in [4.69, 9.17) is 23.2 Å². The van der Waals surface area contributed by atoms with Crippen LogP contribution < -0.4 is 5.32 Å². The first-order valence-corrected chi connectivity index (χ1v) is 11.0. The van der Waals surface area contributed by atoms with Crippen molar-refractivity contribution < 1.29 is 13.2 Å². The van der Waals surface area contributed by atoms with E-state index in [1.165, 1.54) is 4.31 Å². The number of hydrogen-bond donors (Lipinski definition) is 1. The molecule has 0 aromatic heterocycles. The van der Waals surface area contributed by atoms with Gasteiger partial charge in [0.25, 0.3) is 0 Å². The van der Waals surface area contributed by atoms with Crippen molar-refractivity contribution in [2.24, 2.45) is 0 Å². The number of amides is 1. The maximum atomic E-state index is 12.6.